The van der Waals surface area contributed by atoms with Crippen molar-refractivity contribution in [3.63, 3.8) is 0 Å². The summed E-state index contributed by atoms with van der Waals surface area (Å²) in [5.74, 6) is 6.34. The molecule has 0 fully saturated rings. The van der Waals surface area contributed by atoms with Gasteiger partial charge >= 0.3 is 0 Å². The predicted molar refractivity (Wildman–Crippen MR) is 114 cm³/mol. The zero-order valence-corrected chi connectivity index (χ0v) is 16.5. The van der Waals surface area contributed by atoms with E-state index in [1.165, 1.54) is 33.0 Å². The maximum absolute atomic E-state index is 6.10. The Morgan fingerprint density at radius 3 is 2.35 bits per heavy atom. The Hall–Kier alpha value is -2.27. The normalized spacial score (nSPS) is 11.3. The second-order valence-corrected chi connectivity index (χ2v) is 7.75. The summed E-state index contributed by atoms with van der Waals surface area (Å²) in [7, 11) is 0. The molecule has 26 heavy (non-hydrogen) atoms. The maximum atomic E-state index is 6.10. The van der Waals surface area contributed by atoms with Crippen LogP contribution in [0, 0.1) is 18.8 Å². The molecule has 0 unspecified atom stereocenters. The fourth-order valence-corrected chi connectivity index (χ4v) is 3.42. The number of hydrogen-bond donors (Lipinski definition) is 1. The number of nitrogens with two attached hydrogens (primary N) is 1. The summed E-state index contributed by atoms with van der Waals surface area (Å²) in [5.41, 5.74) is 11.6. The van der Waals surface area contributed by atoms with Gasteiger partial charge in [-0.3, -0.25) is 0 Å². The number of hydrogen-bond acceptors (Lipinski definition) is 1. The van der Waals surface area contributed by atoms with Crippen molar-refractivity contribution in [1.29, 1.82) is 0 Å². The Kier molecular flexibility index (Phi) is 5.10. The maximum Gasteiger partial charge on any atom is 0.0722 e. The molecule has 0 radical (unpaired) electrons. The van der Waals surface area contributed by atoms with Crippen LogP contribution in [0.3, 0.4) is 0 Å². The quantitative estimate of drug-likeness (QED) is 0.546. The van der Waals surface area contributed by atoms with Crippen molar-refractivity contribution in [2.24, 2.45) is 5.73 Å². The molecule has 0 heterocycles. The highest BCUT2D eigenvalue weighted by Gasteiger charge is 2.13. The van der Waals surface area contributed by atoms with E-state index in [-0.39, 0.29) is 0 Å². The van der Waals surface area contributed by atoms with Crippen LogP contribution in [0.5, 0.6) is 0 Å². The Morgan fingerprint density at radius 1 is 1.04 bits per heavy atom. The van der Waals surface area contributed by atoms with Crippen LogP contribution in [-0.4, -0.2) is 5.54 Å². The summed E-state index contributed by atoms with van der Waals surface area (Å²) in [6.07, 6.45) is 0.978. The lowest BCUT2D eigenvalue weighted by Crippen LogP contribution is -2.29. The molecule has 1 nitrogen and oxygen atoms in total. The molecule has 2 N–H and O–H groups in total. The molecular weight excluding hydrogens is 338 g/mol. The number of fused-ring (bicyclic) bond motifs is 1. The van der Waals surface area contributed by atoms with E-state index in [2.05, 4.69) is 62.1 Å². The molecule has 0 saturated heterocycles. The molecule has 0 amide bonds. The van der Waals surface area contributed by atoms with Crippen molar-refractivity contribution >= 4 is 22.4 Å². The van der Waals surface area contributed by atoms with E-state index in [0.29, 0.717) is 0 Å². The third-order valence-electron chi connectivity index (χ3n) is 4.49. The largest absolute Gasteiger partial charge is 0.316 e. The molecule has 0 saturated carbocycles. The Balaban J connectivity index is 2.30. The average molecular weight is 362 g/mol. The summed E-state index contributed by atoms with van der Waals surface area (Å²) in [4.78, 5) is 0. The van der Waals surface area contributed by atoms with Crippen LogP contribution >= 0.6 is 11.6 Å². The summed E-state index contributed by atoms with van der Waals surface area (Å²) < 4.78 is 0. The monoisotopic (exact) mass is 361 g/mol. The molecule has 3 aromatic rings. The molecule has 0 spiro atoms. The summed E-state index contributed by atoms with van der Waals surface area (Å²) >= 11 is 6.10. The Bertz CT molecular complexity index is 1010. The van der Waals surface area contributed by atoms with Crippen LogP contribution in [0.15, 0.2) is 48.5 Å². The van der Waals surface area contributed by atoms with E-state index < -0.39 is 5.54 Å². The third kappa shape index (κ3) is 3.93. The van der Waals surface area contributed by atoms with Gasteiger partial charge in [0.05, 0.1) is 5.54 Å². The first-order valence-electron chi connectivity index (χ1n) is 8.93. The van der Waals surface area contributed by atoms with Crippen LogP contribution in [0.2, 0.25) is 5.02 Å². The number of halogens is 1. The fraction of sp³-hybridized carbons (Fsp3) is 0.250. The molecule has 132 valence electrons. The van der Waals surface area contributed by atoms with Crippen molar-refractivity contribution in [3.8, 4) is 23.0 Å². The lowest BCUT2D eigenvalue weighted by Gasteiger charge is -2.16. The summed E-state index contributed by atoms with van der Waals surface area (Å²) in [6.45, 7) is 8.22. The molecule has 0 aliphatic rings. The van der Waals surface area contributed by atoms with Crippen molar-refractivity contribution in [2.75, 3.05) is 0 Å². The minimum atomic E-state index is -0.504. The fourth-order valence-electron chi connectivity index (χ4n) is 3.29. The first-order chi connectivity index (χ1) is 12.3. The second-order valence-electron chi connectivity index (χ2n) is 7.32. The number of aryl methyl sites for hydroxylation is 1. The van der Waals surface area contributed by atoms with Crippen LogP contribution in [0.25, 0.3) is 21.9 Å². The smallest absolute Gasteiger partial charge is 0.0722 e. The molecule has 0 bridgehead atoms. The third-order valence-corrected chi connectivity index (χ3v) is 4.74. The van der Waals surface area contributed by atoms with Gasteiger partial charge in [-0.25, -0.2) is 0 Å². The van der Waals surface area contributed by atoms with Gasteiger partial charge in [-0.1, -0.05) is 54.6 Å². The van der Waals surface area contributed by atoms with E-state index in [0.717, 1.165) is 17.0 Å². The van der Waals surface area contributed by atoms with E-state index in [1.54, 1.807) is 0 Å². The molecular formula is C24H24ClN. The van der Waals surface area contributed by atoms with E-state index in [4.69, 9.17) is 17.3 Å². The van der Waals surface area contributed by atoms with Gasteiger partial charge in [0.2, 0.25) is 0 Å². The van der Waals surface area contributed by atoms with Gasteiger partial charge < -0.3 is 5.73 Å². The predicted octanol–water partition coefficient (Wildman–Crippen LogP) is 6.12. The highest BCUT2D eigenvalue weighted by atomic mass is 35.5. The lowest BCUT2D eigenvalue weighted by atomic mass is 9.88. The van der Waals surface area contributed by atoms with E-state index >= 15 is 0 Å². The SMILES string of the molecule is CCc1c(C)cc2ccc(C#CC(C)(C)N)cc2c1-c1ccc(Cl)cc1. The van der Waals surface area contributed by atoms with E-state index in [9.17, 15) is 0 Å². The molecule has 0 aromatic heterocycles. The van der Waals surface area contributed by atoms with Crippen LogP contribution in [0.1, 0.15) is 37.5 Å². The first kappa shape index (κ1) is 18.5. The molecule has 2 heteroatoms. The van der Waals surface area contributed by atoms with E-state index in [1.807, 2.05) is 26.0 Å². The topological polar surface area (TPSA) is 26.0 Å². The van der Waals surface area contributed by atoms with Gasteiger partial charge in [0.15, 0.2) is 0 Å². The van der Waals surface area contributed by atoms with Gasteiger partial charge in [-0.05, 0) is 84.5 Å². The van der Waals surface area contributed by atoms with Crippen molar-refractivity contribution in [2.45, 2.75) is 39.7 Å². The molecule has 3 aromatic carbocycles. The van der Waals surface area contributed by atoms with Gasteiger partial charge in [-0.15, -0.1) is 0 Å². The van der Waals surface area contributed by atoms with Gasteiger partial charge in [0.25, 0.3) is 0 Å². The van der Waals surface area contributed by atoms with Gasteiger partial charge in [-0.2, -0.15) is 0 Å². The Morgan fingerprint density at radius 2 is 1.73 bits per heavy atom. The molecule has 0 atom stereocenters. The zero-order chi connectivity index (χ0) is 18.9. The number of rotatable bonds is 2. The van der Waals surface area contributed by atoms with Crippen LogP contribution in [-0.2, 0) is 6.42 Å². The van der Waals surface area contributed by atoms with Crippen molar-refractivity contribution in [1.82, 2.24) is 0 Å². The standard InChI is InChI=1S/C24H24ClN/c1-5-21-16(2)14-19-7-6-17(12-13-24(3,4)26)15-22(19)23(21)18-8-10-20(25)11-9-18/h6-11,14-15H,5,26H2,1-4H3. The highest BCUT2D eigenvalue weighted by Crippen LogP contribution is 2.36. The molecule has 3 rings (SSSR count). The van der Waals surface area contributed by atoms with Crippen molar-refractivity contribution < 1.29 is 0 Å². The zero-order valence-electron chi connectivity index (χ0n) is 15.8. The minimum absolute atomic E-state index is 0.504. The molecule has 0 aliphatic heterocycles. The lowest BCUT2D eigenvalue weighted by molar-refractivity contribution is 0.680. The Labute approximate surface area is 161 Å². The minimum Gasteiger partial charge on any atom is -0.316 e. The number of benzene rings is 3. The highest BCUT2D eigenvalue weighted by molar-refractivity contribution is 6.30. The summed E-state index contributed by atoms with van der Waals surface area (Å²) in [6, 6.07) is 16.7. The second kappa shape index (κ2) is 7.16. The summed E-state index contributed by atoms with van der Waals surface area (Å²) in [5, 5.41) is 3.19. The van der Waals surface area contributed by atoms with Crippen LogP contribution < -0.4 is 5.73 Å². The molecule has 0 aliphatic carbocycles. The van der Waals surface area contributed by atoms with Gasteiger partial charge in [0, 0.05) is 10.6 Å². The van der Waals surface area contributed by atoms with Crippen LogP contribution in [0.4, 0.5) is 0 Å². The van der Waals surface area contributed by atoms with Gasteiger partial charge in [0.1, 0.15) is 0 Å². The van der Waals surface area contributed by atoms with Crippen molar-refractivity contribution in [3.05, 3.63) is 70.2 Å². The first-order valence-corrected chi connectivity index (χ1v) is 9.30. The average Bonchev–Trinajstić information content (AvgIpc) is 2.59.